The quantitative estimate of drug-likeness (QED) is 0.223. The number of nitrogens with two attached hydrogens (primary N) is 2. The minimum Gasteiger partial charge on any atom is -0.479 e. The van der Waals surface area contributed by atoms with E-state index in [1.54, 1.807) is 0 Å². The summed E-state index contributed by atoms with van der Waals surface area (Å²) in [7, 11) is 0. The lowest BCUT2D eigenvalue weighted by molar-refractivity contribution is -0.151. The van der Waals surface area contributed by atoms with E-state index in [1.807, 2.05) is 0 Å². The van der Waals surface area contributed by atoms with Crippen LogP contribution >= 0.6 is 0 Å². The van der Waals surface area contributed by atoms with Crippen LogP contribution in [-0.2, 0) is 19.2 Å². The predicted octanol–water partition coefficient (Wildman–Crippen LogP) is -1.99. The number of nitrogens with one attached hydrogen (secondary N) is 1. The van der Waals surface area contributed by atoms with Crippen molar-refractivity contribution in [2.45, 2.75) is 37.0 Å². The van der Waals surface area contributed by atoms with Gasteiger partial charge in [0.15, 0.2) is 11.3 Å². The average Bonchev–Trinajstić information content (AvgIpc) is 2.33. The lowest BCUT2D eigenvalue weighted by atomic mass is 9.98. The smallest absolute Gasteiger partial charge is 0.338 e. The van der Waals surface area contributed by atoms with Gasteiger partial charge in [0.25, 0.3) is 0 Å². The van der Waals surface area contributed by atoms with Gasteiger partial charge in [-0.3, -0.25) is 5.32 Å². The van der Waals surface area contributed by atoms with E-state index in [4.69, 9.17) is 21.7 Å². The van der Waals surface area contributed by atoms with Gasteiger partial charge in [0.2, 0.25) is 0 Å². The zero-order valence-corrected chi connectivity index (χ0v) is 10.2. The summed E-state index contributed by atoms with van der Waals surface area (Å²) in [6.45, 7) is 0. The minimum atomic E-state index is -2.17. The van der Waals surface area contributed by atoms with Crippen LogP contribution in [0.15, 0.2) is 0 Å². The number of carbonyl (C=O) groups is 4. The highest BCUT2D eigenvalue weighted by molar-refractivity contribution is 5.83. The number of carboxylic acids is 2. The molecule has 0 radical (unpaired) electrons. The van der Waals surface area contributed by atoms with Crippen LogP contribution in [-0.4, -0.2) is 46.0 Å². The first-order chi connectivity index (χ1) is 8.72. The van der Waals surface area contributed by atoms with Crippen molar-refractivity contribution in [3.8, 4) is 0 Å². The van der Waals surface area contributed by atoms with E-state index in [0.717, 1.165) is 0 Å². The number of aldehydes is 2. The van der Waals surface area contributed by atoms with Crippen LogP contribution in [0.25, 0.3) is 0 Å². The molecular formula is C10H17N3O6. The molecule has 0 heterocycles. The van der Waals surface area contributed by atoms with Gasteiger partial charge in [0.05, 0.1) is 0 Å². The van der Waals surface area contributed by atoms with Crippen molar-refractivity contribution >= 4 is 24.5 Å². The number of carboxylic acid groups (broad SMARTS) is 2. The molecule has 2 unspecified atom stereocenters. The first-order valence-electron chi connectivity index (χ1n) is 5.43. The Labute approximate surface area is 108 Å². The maximum absolute atomic E-state index is 11.1. The highest BCUT2D eigenvalue weighted by Gasteiger charge is 2.44. The zero-order valence-electron chi connectivity index (χ0n) is 10.2. The third-order valence-corrected chi connectivity index (χ3v) is 2.52. The molecule has 0 amide bonds. The number of rotatable bonds is 10. The molecular weight excluding hydrogens is 258 g/mol. The third-order valence-electron chi connectivity index (χ3n) is 2.52. The molecule has 0 spiro atoms. The fraction of sp³-hybridized carbons (Fsp3) is 0.600. The van der Waals surface area contributed by atoms with Crippen LogP contribution in [0.3, 0.4) is 0 Å². The summed E-state index contributed by atoms with van der Waals surface area (Å²) in [4.78, 5) is 42.7. The van der Waals surface area contributed by atoms with Gasteiger partial charge in [-0.15, -0.1) is 0 Å². The molecule has 2 atom stereocenters. The summed E-state index contributed by atoms with van der Waals surface area (Å²) in [5.74, 6) is -3.09. The lowest BCUT2D eigenvalue weighted by Crippen LogP contribution is -2.73. The Kier molecular flexibility index (Phi) is 6.25. The molecule has 9 nitrogen and oxygen atoms in total. The van der Waals surface area contributed by atoms with Gasteiger partial charge in [-0.2, -0.15) is 0 Å². The fourth-order valence-corrected chi connectivity index (χ4v) is 1.42. The summed E-state index contributed by atoms with van der Waals surface area (Å²) < 4.78 is 0. The van der Waals surface area contributed by atoms with Gasteiger partial charge < -0.3 is 31.3 Å². The Hall–Kier alpha value is -1.84. The summed E-state index contributed by atoms with van der Waals surface area (Å²) in [6.07, 6.45) is -0.121. The van der Waals surface area contributed by atoms with Gasteiger partial charge in [0.1, 0.15) is 12.6 Å². The van der Waals surface area contributed by atoms with Gasteiger partial charge in [0, 0.05) is 12.8 Å². The SMILES string of the molecule is NC(CCC=O)(NC(N)(CCC=O)C(=O)O)C(=O)O. The Bertz CT molecular complexity index is 340. The van der Waals surface area contributed by atoms with Crippen LogP contribution in [0.4, 0.5) is 0 Å². The normalized spacial score (nSPS) is 16.9. The van der Waals surface area contributed by atoms with Crippen LogP contribution in [0.5, 0.6) is 0 Å². The molecule has 19 heavy (non-hydrogen) atoms. The Morgan fingerprint density at radius 1 is 0.947 bits per heavy atom. The first-order valence-corrected chi connectivity index (χ1v) is 5.43. The topological polar surface area (TPSA) is 173 Å². The second kappa shape index (κ2) is 6.92. The average molecular weight is 275 g/mol. The molecule has 0 fully saturated rings. The highest BCUT2D eigenvalue weighted by Crippen LogP contribution is 2.14. The largest absolute Gasteiger partial charge is 0.479 e. The van der Waals surface area contributed by atoms with Crippen LogP contribution < -0.4 is 16.8 Å². The number of hydrogen-bond acceptors (Lipinski definition) is 7. The van der Waals surface area contributed by atoms with E-state index in [0.29, 0.717) is 12.6 Å². The molecule has 0 aromatic carbocycles. The molecule has 0 aromatic heterocycles. The van der Waals surface area contributed by atoms with E-state index in [2.05, 4.69) is 5.32 Å². The summed E-state index contributed by atoms with van der Waals surface area (Å²) in [5, 5.41) is 20.1. The molecule has 9 heteroatoms. The van der Waals surface area contributed by atoms with Crippen molar-refractivity contribution in [3.05, 3.63) is 0 Å². The van der Waals surface area contributed by atoms with Crippen molar-refractivity contribution in [2.75, 3.05) is 0 Å². The Balaban J connectivity index is 5.14. The molecule has 0 saturated carbocycles. The molecule has 0 aromatic rings. The van der Waals surface area contributed by atoms with Crippen molar-refractivity contribution in [1.82, 2.24) is 5.32 Å². The Morgan fingerprint density at radius 2 is 1.26 bits per heavy atom. The van der Waals surface area contributed by atoms with Crippen molar-refractivity contribution in [3.63, 3.8) is 0 Å². The second-order valence-corrected chi connectivity index (χ2v) is 4.09. The molecule has 0 saturated heterocycles. The number of hydrogen-bond donors (Lipinski definition) is 5. The van der Waals surface area contributed by atoms with Crippen LogP contribution in [0.1, 0.15) is 25.7 Å². The molecule has 0 rings (SSSR count). The minimum absolute atomic E-state index is 0.181. The monoisotopic (exact) mass is 275 g/mol. The van der Waals surface area contributed by atoms with E-state index >= 15 is 0 Å². The van der Waals surface area contributed by atoms with E-state index < -0.39 is 23.3 Å². The van der Waals surface area contributed by atoms with Crippen molar-refractivity contribution in [1.29, 1.82) is 0 Å². The molecule has 108 valence electrons. The number of aliphatic carboxylic acids is 2. The lowest BCUT2D eigenvalue weighted by Gasteiger charge is -2.35. The standard InChI is InChI=1S/C10H17N3O6/c11-9(7(16)17,3-1-5-14)13-10(12,8(18)19)4-2-6-15/h5-6,13H,1-4,11-12H2,(H,16,17)(H,18,19). The van der Waals surface area contributed by atoms with Crippen LogP contribution in [0.2, 0.25) is 0 Å². The molecule has 0 aliphatic heterocycles. The van der Waals surface area contributed by atoms with Crippen molar-refractivity contribution in [2.24, 2.45) is 11.5 Å². The fourth-order valence-electron chi connectivity index (χ4n) is 1.42. The Morgan fingerprint density at radius 3 is 1.47 bits per heavy atom. The first kappa shape index (κ1) is 17.2. The predicted molar refractivity (Wildman–Crippen MR) is 62.8 cm³/mol. The molecule has 0 aliphatic rings. The van der Waals surface area contributed by atoms with Gasteiger partial charge >= 0.3 is 11.9 Å². The summed E-state index contributed by atoms with van der Waals surface area (Å²) in [6, 6.07) is 0. The van der Waals surface area contributed by atoms with Gasteiger partial charge in [-0.05, 0) is 12.8 Å². The molecule has 7 N–H and O–H groups in total. The van der Waals surface area contributed by atoms with Crippen LogP contribution in [0, 0.1) is 0 Å². The maximum atomic E-state index is 11.1. The van der Waals surface area contributed by atoms with E-state index in [-0.39, 0.29) is 25.7 Å². The van der Waals surface area contributed by atoms with E-state index in [1.165, 1.54) is 0 Å². The maximum Gasteiger partial charge on any atom is 0.338 e. The summed E-state index contributed by atoms with van der Waals surface area (Å²) in [5.41, 5.74) is 6.70. The highest BCUT2D eigenvalue weighted by atomic mass is 16.4. The molecule has 0 aliphatic carbocycles. The van der Waals surface area contributed by atoms with Crippen molar-refractivity contribution < 1.29 is 29.4 Å². The van der Waals surface area contributed by atoms with Gasteiger partial charge in [-0.25, -0.2) is 9.59 Å². The van der Waals surface area contributed by atoms with Gasteiger partial charge in [-0.1, -0.05) is 0 Å². The molecule has 0 bridgehead atoms. The number of carbonyl (C=O) groups excluding carboxylic acids is 2. The van der Waals surface area contributed by atoms with E-state index in [9.17, 15) is 19.2 Å². The third kappa shape index (κ3) is 4.73. The zero-order chi connectivity index (χ0) is 15.1. The summed E-state index contributed by atoms with van der Waals surface area (Å²) >= 11 is 0. The second-order valence-electron chi connectivity index (χ2n) is 4.09.